The molecular formula is C17H25FN2O2. The van der Waals surface area contributed by atoms with Crippen LogP contribution in [-0.4, -0.2) is 53.1 Å². The molecule has 0 aliphatic carbocycles. The van der Waals surface area contributed by atoms with Crippen LogP contribution in [0.25, 0.3) is 0 Å². The Balaban J connectivity index is 1.96. The number of aliphatic hydroxyl groups is 1. The zero-order valence-electron chi connectivity index (χ0n) is 13.2. The van der Waals surface area contributed by atoms with Crippen LogP contribution in [0.3, 0.4) is 0 Å². The summed E-state index contributed by atoms with van der Waals surface area (Å²) < 4.78 is 13.3. The lowest BCUT2D eigenvalue weighted by molar-refractivity contribution is -0.134. The lowest BCUT2D eigenvalue weighted by Crippen LogP contribution is -2.48. The molecule has 22 heavy (non-hydrogen) atoms. The molecule has 1 fully saturated rings. The summed E-state index contributed by atoms with van der Waals surface area (Å²) in [5, 5.41) is 9.43. The van der Waals surface area contributed by atoms with Crippen molar-refractivity contribution >= 4 is 5.91 Å². The monoisotopic (exact) mass is 308 g/mol. The van der Waals surface area contributed by atoms with Crippen molar-refractivity contribution in [1.29, 1.82) is 0 Å². The van der Waals surface area contributed by atoms with Gasteiger partial charge in [-0.1, -0.05) is 18.6 Å². The Morgan fingerprint density at radius 1 is 1.45 bits per heavy atom. The van der Waals surface area contributed by atoms with Gasteiger partial charge in [-0.2, -0.15) is 0 Å². The number of aliphatic hydroxyl groups excluding tert-OH is 1. The highest BCUT2D eigenvalue weighted by Gasteiger charge is 2.25. The number of nitrogens with zero attached hydrogens (tertiary/aromatic N) is 2. The van der Waals surface area contributed by atoms with Crippen LogP contribution >= 0.6 is 0 Å². The maximum Gasteiger partial charge on any atom is 0.237 e. The molecule has 1 atom stereocenters. The molecular weight excluding hydrogens is 283 g/mol. The van der Waals surface area contributed by atoms with Gasteiger partial charge in [-0.05, 0) is 44.0 Å². The first-order valence-corrected chi connectivity index (χ1v) is 8.01. The number of rotatable bonds is 6. The summed E-state index contributed by atoms with van der Waals surface area (Å²) in [5.41, 5.74) is 0.799. The molecule has 0 radical (unpaired) electrons. The van der Waals surface area contributed by atoms with E-state index in [2.05, 4.69) is 4.90 Å². The van der Waals surface area contributed by atoms with Gasteiger partial charge in [-0.25, -0.2) is 4.39 Å². The third-order valence-electron chi connectivity index (χ3n) is 4.30. The maximum absolute atomic E-state index is 13.3. The minimum atomic E-state index is -0.280. The van der Waals surface area contributed by atoms with E-state index in [9.17, 15) is 14.3 Å². The van der Waals surface area contributed by atoms with Crippen LogP contribution in [0.5, 0.6) is 0 Å². The SMILES string of the molecule is CCN(Cc1cccc(F)c1)C(=O)CN1CCCC[C@@H]1CO. The van der Waals surface area contributed by atoms with Gasteiger partial charge < -0.3 is 10.0 Å². The number of amides is 1. The standard InChI is InChI=1S/C17H25FN2O2/c1-2-19(11-14-6-5-7-15(18)10-14)17(22)12-20-9-4-3-8-16(20)13-21/h5-7,10,16,21H,2-4,8-9,11-13H2,1H3/t16-/m1/s1. The normalized spacial score (nSPS) is 19.1. The summed E-state index contributed by atoms with van der Waals surface area (Å²) in [7, 11) is 0. The Bertz CT molecular complexity index is 495. The highest BCUT2D eigenvalue weighted by atomic mass is 19.1. The van der Waals surface area contributed by atoms with Crippen molar-refractivity contribution in [2.75, 3.05) is 26.2 Å². The second-order valence-electron chi connectivity index (χ2n) is 5.84. The molecule has 1 aromatic carbocycles. The predicted molar refractivity (Wildman–Crippen MR) is 83.8 cm³/mol. The Labute approximate surface area is 131 Å². The number of likely N-dealkylation sites (N-methyl/N-ethyl adjacent to an activating group) is 1. The average molecular weight is 308 g/mol. The molecule has 1 aliphatic heterocycles. The zero-order valence-corrected chi connectivity index (χ0v) is 13.2. The topological polar surface area (TPSA) is 43.8 Å². The van der Waals surface area contributed by atoms with Gasteiger partial charge in [0.05, 0.1) is 13.2 Å². The molecule has 122 valence electrons. The van der Waals surface area contributed by atoms with Crippen LogP contribution in [0.2, 0.25) is 0 Å². The highest BCUT2D eigenvalue weighted by molar-refractivity contribution is 5.78. The highest BCUT2D eigenvalue weighted by Crippen LogP contribution is 2.17. The number of carbonyl (C=O) groups is 1. The second-order valence-corrected chi connectivity index (χ2v) is 5.84. The number of piperidine rings is 1. The lowest BCUT2D eigenvalue weighted by Gasteiger charge is -2.35. The summed E-state index contributed by atoms with van der Waals surface area (Å²) in [4.78, 5) is 16.3. The molecule has 2 rings (SSSR count). The van der Waals surface area contributed by atoms with Crippen LogP contribution in [0.4, 0.5) is 4.39 Å². The summed E-state index contributed by atoms with van der Waals surface area (Å²) in [6.07, 6.45) is 3.12. The van der Waals surface area contributed by atoms with Gasteiger partial charge in [0.25, 0.3) is 0 Å². The first-order chi connectivity index (χ1) is 10.6. The van der Waals surface area contributed by atoms with Crippen LogP contribution in [-0.2, 0) is 11.3 Å². The summed E-state index contributed by atoms with van der Waals surface area (Å²) in [6, 6.07) is 6.45. The molecule has 0 spiro atoms. The molecule has 1 aliphatic rings. The molecule has 1 heterocycles. The van der Waals surface area contributed by atoms with Gasteiger partial charge in [0, 0.05) is 19.1 Å². The number of carbonyl (C=O) groups excluding carboxylic acids is 1. The molecule has 0 bridgehead atoms. The quantitative estimate of drug-likeness (QED) is 0.874. The van der Waals surface area contributed by atoms with E-state index in [1.807, 2.05) is 13.0 Å². The minimum absolute atomic E-state index is 0.0344. The van der Waals surface area contributed by atoms with Gasteiger partial charge in [-0.15, -0.1) is 0 Å². The smallest absolute Gasteiger partial charge is 0.237 e. The first-order valence-electron chi connectivity index (χ1n) is 8.01. The van der Waals surface area contributed by atoms with Gasteiger partial charge >= 0.3 is 0 Å². The molecule has 4 nitrogen and oxygen atoms in total. The second kappa shape index (κ2) is 8.25. The molecule has 0 saturated carbocycles. The van der Waals surface area contributed by atoms with Crippen molar-refractivity contribution in [2.45, 2.75) is 38.8 Å². The third kappa shape index (κ3) is 4.52. The number of hydrogen-bond donors (Lipinski definition) is 1. The number of hydrogen-bond acceptors (Lipinski definition) is 3. The summed E-state index contributed by atoms with van der Waals surface area (Å²) in [6.45, 7) is 4.22. The van der Waals surface area contributed by atoms with E-state index in [1.165, 1.54) is 12.1 Å². The van der Waals surface area contributed by atoms with E-state index in [0.29, 0.717) is 19.6 Å². The molecule has 1 saturated heterocycles. The molecule has 0 unspecified atom stereocenters. The zero-order chi connectivity index (χ0) is 15.9. The number of benzene rings is 1. The van der Waals surface area contributed by atoms with Gasteiger partial charge in [0.2, 0.25) is 5.91 Å². The fourth-order valence-electron chi connectivity index (χ4n) is 2.98. The summed E-state index contributed by atoms with van der Waals surface area (Å²) >= 11 is 0. The average Bonchev–Trinajstić information content (AvgIpc) is 2.53. The van der Waals surface area contributed by atoms with Gasteiger partial charge in [0.1, 0.15) is 5.82 Å². The van der Waals surface area contributed by atoms with E-state index < -0.39 is 0 Å². The van der Waals surface area contributed by atoms with E-state index in [0.717, 1.165) is 31.4 Å². The maximum atomic E-state index is 13.3. The minimum Gasteiger partial charge on any atom is -0.395 e. The molecule has 0 aromatic heterocycles. The van der Waals surface area contributed by atoms with E-state index in [1.54, 1.807) is 11.0 Å². The van der Waals surface area contributed by atoms with Gasteiger partial charge in [0.15, 0.2) is 0 Å². The van der Waals surface area contributed by atoms with Crippen molar-refractivity contribution in [3.8, 4) is 0 Å². The Morgan fingerprint density at radius 2 is 2.27 bits per heavy atom. The Hall–Kier alpha value is -1.46. The van der Waals surface area contributed by atoms with Crippen LogP contribution < -0.4 is 0 Å². The van der Waals surface area contributed by atoms with Crippen molar-refractivity contribution in [3.05, 3.63) is 35.6 Å². The Kier molecular flexibility index (Phi) is 6.34. The van der Waals surface area contributed by atoms with Crippen molar-refractivity contribution < 1.29 is 14.3 Å². The molecule has 1 amide bonds. The third-order valence-corrected chi connectivity index (χ3v) is 4.30. The van der Waals surface area contributed by atoms with Gasteiger partial charge in [-0.3, -0.25) is 9.69 Å². The largest absolute Gasteiger partial charge is 0.395 e. The van der Waals surface area contributed by atoms with E-state index in [4.69, 9.17) is 0 Å². The molecule has 1 aromatic rings. The fraction of sp³-hybridized carbons (Fsp3) is 0.588. The van der Waals surface area contributed by atoms with Crippen LogP contribution in [0.1, 0.15) is 31.7 Å². The van der Waals surface area contributed by atoms with Crippen LogP contribution in [0, 0.1) is 5.82 Å². The van der Waals surface area contributed by atoms with Crippen molar-refractivity contribution in [1.82, 2.24) is 9.80 Å². The predicted octanol–water partition coefficient (Wildman–Crippen LogP) is 2.02. The fourth-order valence-corrected chi connectivity index (χ4v) is 2.98. The molecule has 5 heteroatoms. The number of likely N-dealkylation sites (tertiary alicyclic amines) is 1. The molecule has 1 N–H and O–H groups in total. The van der Waals surface area contributed by atoms with E-state index in [-0.39, 0.29) is 24.4 Å². The number of halogens is 1. The van der Waals surface area contributed by atoms with Crippen molar-refractivity contribution in [3.63, 3.8) is 0 Å². The first kappa shape index (κ1) is 16.9. The van der Waals surface area contributed by atoms with Crippen LogP contribution in [0.15, 0.2) is 24.3 Å². The van der Waals surface area contributed by atoms with E-state index >= 15 is 0 Å². The Morgan fingerprint density at radius 3 is 2.95 bits per heavy atom. The van der Waals surface area contributed by atoms with Crippen molar-refractivity contribution in [2.24, 2.45) is 0 Å². The lowest BCUT2D eigenvalue weighted by atomic mass is 10.0. The summed E-state index contributed by atoms with van der Waals surface area (Å²) in [5.74, 6) is -0.246.